The van der Waals surface area contributed by atoms with Gasteiger partial charge in [0.15, 0.2) is 0 Å². The molecule has 0 bridgehead atoms. The van der Waals surface area contributed by atoms with Crippen LogP contribution in [0.2, 0.25) is 5.02 Å². The van der Waals surface area contributed by atoms with Crippen LogP contribution >= 0.6 is 11.6 Å². The summed E-state index contributed by atoms with van der Waals surface area (Å²) in [6.07, 6.45) is 0. The van der Waals surface area contributed by atoms with Crippen molar-refractivity contribution in [2.75, 3.05) is 18.2 Å². The van der Waals surface area contributed by atoms with Crippen molar-refractivity contribution < 1.29 is 4.74 Å². The van der Waals surface area contributed by atoms with Crippen molar-refractivity contribution in [3.05, 3.63) is 40.9 Å². The highest BCUT2D eigenvalue weighted by atomic mass is 35.5. The lowest BCUT2D eigenvalue weighted by molar-refractivity contribution is 0.410. The van der Waals surface area contributed by atoms with E-state index in [4.69, 9.17) is 22.1 Å². The molecule has 0 spiro atoms. The molecule has 0 saturated carbocycles. The minimum atomic E-state index is 0.385. The first kappa shape index (κ1) is 12.4. The van der Waals surface area contributed by atoms with Crippen LogP contribution in [-0.4, -0.2) is 17.3 Å². The maximum atomic E-state index is 6.12. The smallest absolute Gasteiger partial charge is 0.149 e. The fraction of sp³-hybridized carbons (Fsp3) is 0.167. The summed E-state index contributed by atoms with van der Waals surface area (Å²) in [4.78, 5) is 0. The summed E-state index contributed by atoms with van der Waals surface area (Å²) < 4.78 is 5.25. The highest BCUT2D eigenvalue weighted by Gasteiger charge is 2.07. The van der Waals surface area contributed by atoms with Gasteiger partial charge >= 0.3 is 0 Å². The number of hydrogen-bond acceptors (Lipinski definition) is 5. The van der Waals surface area contributed by atoms with E-state index >= 15 is 0 Å². The van der Waals surface area contributed by atoms with Crippen LogP contribution in [0.3, 0.4) is 0 Å². The van der Waals surface area contributed by atoms with E-state index in [1.54, 1.807) is 19.2 Å². The van der Waals surface area contributed by atoms with Gasteiger partial charge in [-0.25, -0.2) is 0 Å². The first-order chi connectivity index (χ1) is 8.70. The summed E-state index contributed by atoms with van der Waals surface area (Å²) in [6, 6.07) is 8.95. The number of anilines is 2. The maximum absolute atomic E-state index is 6.12. The Hall–Kier alpha value is -2.01. The Labute approximate surface area is 110 Å². The van der Waals surface area contributed by atoms with Crippen LogP contribution in [0.15, 0.2) is 30.3 Å². The van der Waals surface area contributed by atoms with Crippen LogP contribution in [0.1, 0.15) is 5.56 Å². The lowest BCUT2D eigenvalue weighted by Crippen LogP contribution is -2.05. The number of methoxy groups -OCH3 is 1. The number of hydrogen-bond donors (Lipinski definition) is 2. The number of ether oxygens (including phenoxy) is 1. The third-order valence-electron chi connectivity index (χ3n) is 2.43. The van der Waals surface area contributed by atoms with Gasteiger partial charge in [-0.2, -0.15) is 0 Å². The molecule has 2 aromatic rings. The standard InChI is InChI=1S/C12H13ClN4O/c1-18-10-4-2-3-9(13)8(10)7-15-12-6-5-11(14)16-17-12/h2-6H,7H2,1H3,(H2,14,16)(H,15,17). The van der Waals surface area contributed by atoms with E-state index in [-0.39, 0.29) is 0 Å². The van der Waals surface area contributed by atoms with Gasteiger partial charge in [0.1, 0.15) is 17.4 Å². The number of nitrogens with one attached hydrogen (secondary N) is 1. The molecular weight excluding hydrogens is 252 g/mol. The molecule has 2 rings (SSSR count). The van der Waals surface area contributed by atoms with Crippen LogP contribution in [0.4, 0.5) is 11.6 Å². The number of benzene rings is 1. The summed E-state index contributed by atoms with van der Waals surface area (Å²) in [6.45, 7) is 0.501. The summed E-state index contributed by atoms with van der Waals surface area (Å²) in [5, 5.41) is 11.4. The van der Waals surface area contributed by atoms with E-state index in [0.717, 1.165) is 11.3 Å². The normalized spacial score (nSPS) is 10.1. The van der Waals surface area contributed by atoms with Crippen LogP contribution < -0.4 is 15.8 Å². The molecule has 6 heteroatoms. The Balaban J connectivity index is 2.12. The predicted molar refractivity (Wildman–Crippen MR) is 71.8 cm³/mol. The van der Waals surface area contributed by atoms with Crippen LogP contribution in [0, 0.1) is 0 Å². The van der Waals surface area contributed by atoms with Gasteiger partial charge in [0.05, 0.1) is 7.11 Å². The summed E-state index contributed by atoms with van der Waals surface area (Å²) in [5.74, 6) is 1.75. The van der Waals surface area contributed by atoms with Crippen molar-refractivity contribution in [1.82, 2.24) is 10.2 Å². The first-order valence-electron chi connectivity index (χ1n) is 5.35. The average molecular weight is 265 g/mol. The van der Waals surface area contributed by atoms with Crippen molar-refractivity contribution in [2.24, 2.45) is 0 Å². The number of aromatic nitrogens is 2. The Kier molecular flexibility index (Phi) is 3.84. The van der Waals surface area contributed by atoms with E-state index < -0.39 is 0 Å². The molecule has 0 aliphatic carbocycles. The Bertz CT molecular complexity index is 530. The summed E-state index contributed by atoms with van der Waals surface area (Å²) >= 11 is 6.12. The third-order valence-corrected chi connectivity index (χ3v) is 2.78. The highest BCUT2D eigenvalue weighted by Crippen LogP contribution is 2.26. The van der Waals surface area contributed by atoms with Gasteiger partial charge in [0, 0.05) is 17.1 Å². The zero-order valence-corrected chi connectivity index (χ0v) is 10.6. The molecule has 94 valence electrons. The highest BCUT2D eigenvalue weighted by molar-refractivity contribution is 6.31. The zero-order valence-electron chi connectivity index (χ0n) is 9.85. The van der Waals surface area contributed by atoms with Crippen LogP contribution in [-0.2, 0) is 6.54 Å². The van der Waals surface area contributed by atoms with E-state index in [1.807, 2.05) is 18.2 Å². The molecule has 18 heavy (non-hydrogen) atoms. The number of halogens is 1. The van der Waals surface area contributed by atoms with Gasteiger partial charge in [-0.05, 0) is 24.3 Å². The summed E-state index contributed by atoms with van der Waals surface area (Å²) in [5.41, 5.74) is 6.34. The predicted octanol–water partition coefficient (Wildman–Crippen LogP) is 2.33. The number of nitrogens with zero attached hydrogens (tertiary/aromatic N) is 2. The number of nitrogen functional groups attached to an aromatic ring is 1. The molecule has 0 aliphatic rings. The number of nitrogens with two attached hydrogens (primary N) is 1. The molecule has 0 saturated heterocycles. The molecule has 0 fully saturated rings. The minimum Gasteiger partial charge on any atom is -0.496 e. The van der Waals surface area contributed by atoms with Crippen molar-refractivity contribution in [1.29, 1.82) is 0 Å². The molecule has 0 amide bonds. The van der Waals surface area contributed by atoms with Gasteiger partial charge in [-0.3, -0.25) is 0 Å². The molecule has 1 aromatic heterocycles. The Morgan fingerprint density at radius 2 is 2.11 bits per heavy atom. The fourth-order valence-corrected chi connectivity index (χ4v) is 1.75. The topological polar surface area (TPSA) is 73.1 Å². The van der Waals surface area contributed by atoms with E-state index in [1.165, 1.54) is 0 Å². The van der Waals surface area contributed by atoms with E-state index in [2.05, 4.69) is 15.5 Å². The minimum absolute atomic E-state index is 0.385. The SMILES string of the molecule is COc1cccc(Cl)c1CNc1ccc(N)nn1. The molecule has 1 aromatic carbocycles. The van der Waals surface area contributed by atoms with E-state index in [9.17, 15) is 0 Å². The van der Waals surface area contributed by atoms with Crippen molar-refractivity contribution in [3.63, 3.8) is 0 Å². The average Bonchev–Trinajstić information content (AvgIpc) is 2.39. The van der Waals surface area contributed by atoms with Crippen LogP contribution in [0.5, 0.6) is 5.75 Å². The largest absolute Gasteiger partial charge is 0.496 e. The second-order valence-corrected chi connectivity index (χ2v) is 4.02. The van der Waals surface area contributed by atoms with Crippen molar-refractivity contribution in [3.8, 4) is 5.75 Å². The lowest BCUT2D eigenvalue weighted by atomic mass is 10.2. The Morgan fingerprint density at radius 3 is 2.78 bits per heavy atom. The van der Waals surface area contributed by atoms with Gasteiger partial charge in [-0.1, -0.05) is 17.7 Å². The molecule has 5 nitrogen and oxygen atoms in total. The second kappa shape index (κ2) is 5.55. The maximum Gasteiger partial charge on any atom is 0.149 e. The third kappa shape index (κ3) is 2.81. The van der Waals surface area contributed by atoms with Gasteiger partial charge in [-0.15, -0.1) is 10.2 Å². The van der Waals surface area contributed by atoms with Gasteiger partial charge in [0.2, 0.25) is 0 Å². The fourth-order valence-electron chi connectivity index (χ4n) is 1.52. The van der Waals surface area contributed by atoms with Crippen LogP contribution in [0.25, 0.3) is 0 Å². The Morgan fingerprint density at radius 1 is 1.28 bits per heavy atom. The molecule has 0 atom stereocenters. The quantitative estimate of drug-likeness (QED) is 0.887. The first-order valence-corrected chi connectivity index (χ1v) is 5.73. The molecular formula is C12H13ClN4O. The van der Waals surface area contributed by atoms with Gasteiger partial charge < -0.3 is 15.8 Å². The van der Waals surface area contributed by atoms with Crippen molar-refractivity contribution >= 4 is 23.2 Å². The molecule has 1 heterocycles. The van der Waals surface area contributed by atoms with Gasteiger partial charge in [0.25, 0.3) is 0 Å². The van der Waals surface area contributed by atoms with Crippen molar-refractivity contribution in [2.45, 2.75) is 6.54 Å². The molecule has 0 radical (unpaired) electrons. The monoisotopic (exact) mass is 264 g/mol. The zero-order chi connectivity index (χ0) is 13.0. The molecule has 3 N–H and O–H groups in total. The summed E-state index contributed by atoms with van der Waals surface area (Å²) in [7, 11) is 1.61. The molecule has 0 unspecified atom stereocenters. The molecule has 0 aliphatic heterocycles. The van der Waals surface area contributed by atoms with E-state index in [0.29, 0.717) is 23.2 Å². The second-order valence-electron chi connectivity index (χ2n) is 3.62. The number of rotatable bonds is 4. The lowest BCUT2D eigenvalue weighted by Gasteiger charge is -2.11.